The molecular formula is C22H17N3O2. The molecule has 132 valence electrons. The molecule has 2 aromatic heterocycles. The molecule has 0 bridgehead atoms. The maximum atomic E-state index is 12.0. The van der Waals surface area contributed by atoms with Gasteiger partial charge in [0.2, 0.25) is 11.8 Å². The standard InChI is InChI=1S/C22H17N3O2/c23-20(26)16-4-1-2-6-17(16)22(7-8-22)18-12-14(21-25-10-11-27-21)13-19-15(18)5-3-9-24-19/h1-6,9-13H,7-8H2,(H2,23,26). The Morgan fingerprint density at radius 1 is 1.00 bits per heavy atom. The van der Waals surface area contributed by atoms with Gasteiger partial charge in [0.05, 0.1) is 11.7 Å². The molecule has 1 amide bonds. The summed E-state index contributed by atoms with van der Waals surface area (Å²) in [6.45, 7) is 0. The van der Waals surface area contributed by atoms with E-state index >= 15 is 0 Å². The van der Waals surface area contributed by atoms with Crippen LogP contribution in [0.3, 0.4) is 0 Å². The lowest BCUT2D eigenvalue weighted by atomic mass is 9.82. The predicted molar refractivity (Wildman–Crippen MR) is 102 cm³/mol. The Morgan fingerprint density at radius 2 is 1.85 bits per heavy atom. The Bertz CT molecular complexity index is 1160. The van der Waals surface area contributed by atoms with Gasteiger partial charge in [-0.3, -0.25) is 9.78 Å². The number of primary amides is 1. The fraction of sp³-hybridized carbons (Fsp3) is 0.136. The minimum atomic E-state index is -0.400. The van der Waals surface area contributed by atoms with Crippen molar-refractivity contribution in [2.75, 3.05) is 0 Å². The quantitative estimate of drug-likeness (QED) is 0.598. The summed E-state index contributed by atoms with van der Waals surface area (Å²) in [5.74, 6) is 0.158. The van der Waals surface area contributed by atoms with Crippen molar-refractivity contribution in [2.24, 2.45) is 5.73 Å². The Labute approximate surface area is 155 Å². The average Bonchev–Trinajstić information content (AvgIpc) is 3.32. The molecular weight excluding hydrogens is 338 g/mol. The Balaban J connectivity index is 1.79. The summed E-state index contributed by atoms with van der Waals surface area (Å²) in [6, 6.07) is 15.7. The van der Waals surface area contributed by atoms with E-state index in [0.29, 0.717) is 11.5 Å². The number of fused-ring (bicyclic) bond motifs is 1. The Morgan fingerprint density at radius 3 is 2.59 bits per heavy atom. The fourth-order valence-corrected chi connectivity index (χ4v) is 3.99. The van der Waals surface area contributed by atoms with Crippen LogP contribution in [0.25, 0.3) is 22.4 Å². The zero-order chi connectivity index (χ0) is 18.4. The normalized spacial score (nSPS) is 15.0. The maximum absolute atomic E-state index is 12.0. The molecule has 0 radical (unpaired) electrons. The lowest BCUT2D eigenvalue weighted by molar-refractivity contribution is 0.0999. The second kappa shape index (κ2) is 5.77. The van der Waals surface area contributed by atoms with Crippen molar-refractivity contribution in [3.63, 3.8) is 0 Å². The first-order chi connectivity index (χ1) is 13.2. The van der Waals surface area contributed by atoms with Gasteiger partial charge < -0.3 is 10.2 Å². The molecule has 27 heavy (non-hydrogen) atoms. The van der Waals surface area contributed by atoms with E-state index in [-0.39, 0.29) is 5.41 Å². The number of hydrogen-bond donors (Lipinski definition) is 1. The molecule has 1 aliphatic carbocycles. The summed E-state index contributed by atoms with van der Waals surface area (Å²) in [5.41, 5.74) is 9.87. The van der Waals surface area contributed by atoms with Gasteiger partial charge in [-0.25, -0.2) is 4.98 Å². The highest BCUT2D eigenvalue weighted by Crippen LogP contribution is 2.56. The van der Waals surface area contributed by atoms with E-state index in [0.717, 1.165) is 40.4 Å². The highest BCUT2D eigenvalue weighted by Gasteiger charge is 2.48. The fourth-order valence-electron chi connectivity index (χ4n) is 3.99. The van der Waals surface area contributed by atoms with Crippen LogP contribution in [-0.4, -0.2) is 15.9 Å². The van der Waals surface area contributed by atoms with Gasteiger partial charge in [-0.1, -0.05) is 24.3 Å². The number of benzene rings is 2. The van der Waals surface area contributed by atoms with Crippen molar-refractivity contribution in [2.45, 2.75) is 18.3 Å². The smallest absolute Gasteiger partial charge is 0.249 e. The molecule has 0 saturated heterocycles. The molecule has 0 unspecified atom stereocenters. The van der Waals surface area contributed by atoms with E-state index < -0.39 is 5.91 Å². The largest absolute Gasteiger partial charge is 0.445 e. The van der Waals surface area contributed by atoms with Gasteiger partial charge in [-0.2, -0.15) is 0 Å². The summed E-state index contributed by atoms with van der Waals surface area (Å²) in [7, 11) is 0. The van der Waals surface area contributed by atoms with Crippen LogP contribution in [0.2, 0.25) is 0 Å². The van der Waals surface area contributed by atoms with Gasteiger partial charge in [0.25, 0.3) is 0 Å². The summed E-state index contributed by atoms with van der Waals surface area (Å²) < 4.78 is 5.51. The maximum Gasteiger partial charge on any atom is 0.249 e. The van der Waals surface area contributed by atoms with Crippen LogP contribution in [0.15, 0.2) is 71.6 Å². The van der Waals surface area contributed by atoms with E-state index in [1.165, 1.54) is 0 Å². The number of carbonyl (C=O) groups excluding carboxylic acids is 1. The molecule has 4 aromatic rings. The van der Waals surface area contributed by atoms with E-state index in [4.69, 9.17) is 10.2 Å². The molecule has 1 saturated carbocycles. The van der Waals surface area contributed by atoms with Gasteiger partial charge in [0, 0.05) is 28.1 Å². The van der Waals surface area contributed by atoms with E-state index in [1.54, 1.807) is 24.7 Å². The SMILES string of the molecule is NC(=O)c1ccccc1C1(c2cc(-c3ncco3)cc3ncccc23)CC1. The van der Waals surface area contributed by atoms with Crippen molar-refractivity contribution in [1.29, 1.82) is 0 Å². The van der Waals surface area contributed by atoms with Crippen molar-refractivity contribution < 1.29 is 9.21 Å². The first-order valence-electron chi connectivity index (χ1n) is 8.87. The molecule has 1 aliphatic rings. The van der Waals surface area contributed by atoms with Gasteiger partial charge in [0.1, 0.15) is 6.26 Å². The predicted octanol–water partition coefficient (Wildman–Crippen LogP) is 4.07. The summed E-state index contributed by atoms with van der Waals surface area (Å²) in [5, 5.41) is 1.07. The number of oxazole rings is 1. The van der Waals surface area contributed by atoms with Crippen LogP contribution in [0.5, 0.6) is 0 Å². The molecule has 2 aromatic carbocycles. The Kier molecular flexibility index (Phi) is 3.37. The second-order valence-electron chi connectivity index (χ2n) is 6.92. The third-order valence-corrected chi connectivity index (χ3v) is 5.37. The number of amides is 1. The molecule has 5 nitrogen and oxygen atoms in total. The minimum absolute atomic E-state index is 0.241. The number of nitrogens with zero attached hydrogens (tertiary/aromatic N) is 2. The molecule has 1 fully saturated rings. The van der Waals surface area contributed by atoms with Crippen molar-refractivity contribution in [3.8, 4) is 11.5 Å². The van der Waals surface area contributed by atoms with Crippen LogP contribution < -0.4 is 5.73 Å². The zero-order valence-electron chi connectivity index (χ0n) is 14.6. The zero-order valence-corrected chi connectivity index (χ0v) is 14.6. The average molecular weight is 355 g/mol. The molecule has 0 spiro atoms. The lowest BCUT2D eigenvalue weighted by Crippen LogP contribution is -2.19. The number of carbonyl (C=O) groups is 1. The number of aromatic nitrogens is 2. The first-order valence-corrected chi connectivity index (χ1v) is 8.87. The first kappa shape index (κ1) is 15.8. The highest BCUT2D eigenvalue weighted by molar-refractivity contribution is 5.96. The number of pyridine rings is 1. The summed E-state index contributed by atoms with van der Waals surface area (Å²) in [4.78, 5) is 20.9. The van der Waals surface area contributed by atoms with Gasteiger partial charge in [-0.15, -0.1) is 0 Å². The number of hydrogen-bond acceptors (Lipinski definition) is 4. The van der Waals surface area contributed by atoms with Gasteiger partial charge >= 0.3 is 0 Å². The number of rotatable bonds is 4. The molecule has 5 heteroatoms. The lowest BCUT2D eigenvalue weighted by Gasteiger charge is -2.21. The third kappa shape index (κ3) is 2.43. The summed E-state index contributed by atoms with van der Waals surface area (Å²) in [6.07, 6.45) is 6.88. The Hall–Kier alpha value is -3.47. The van der Waals surface area contributed by atoms with Gasteiger partial charge in [-0.05, 0) is 48.2 Å². The van der Waals surface area contributed by atoms with Gasteiger partial charge in [0.15, 0.2) is 0 Å². The summed E-state index contributed by atoms with van der Waals surface area (Å²) >= 11 is 0. The molecule has 0 atom stereocenters. The van der Waals surface area contributed by atoms with Crippen LogP contribution in [0, 0.1) is 0 Å². The van der Waals surface area contributed by atoms with Crippen molar-refractivity contribution in [1.82, 2.24) is 9.97 Å². The molecule has 2 N–H and O–H groups in total. The minimum Gasteiger partial charge on any atom is -0.445 e. The van der Waals surface area contributed by atoms with Crippen LogP contribution in [-0.2, 0) is 5.41 Å². The second-order valence-corrected chi connectivity index (χ2v) is 6.92. The third-order valence-electron chi connectivity index (χ3n) is 5.37. The van der Waals surface area contributed by atoms with Crippen LogP contribution in [0.1, 0.15) is 34.3 Å². The molecule has 5 rings (SSSR count). The monoisotopic (exact) mass is 355 g/mol. The van der Waals surface area contributed by atoms with Crippen LogP contribution in [0.4, 0.5) is 0 Å². The number of nitrogens with two attached hydrogens (primary N) is 1. The molecule has 0 aliphatic heterocycles. The van der Waals surface area contributed by atoms with E-state index in [9.17, 15) is 4.79 Å². The topological polar surface area (TPSA) is 82.0 Å². The van der Waals surface area contributed by atoms with Crippen molar-refractivity contribution in [3.05, 3.63) is 83.9 Å². The van der Waals surface area contributed by atoms with E-state index in [2.05, 4.69) is 22.1 Å². The molecule has 2 heterocycles. The van der Waals surface area contributed by atoms with E-state index in [1.807, 2.05) is 30.3 Å². The van der Waals surface area contributed by atoms with Crippen LogP contribution >= 0.6 is 0 Å². The highest BCUT2D eigenvalue weighted by atomic mass is 16.3. The van der Waals surface area contributed by atoms with Crippen molar-refractivity contribution >= 4 is 16.8 Å².